The Labute approximate surface area is 257 Å². The highest BCUT2D eigenvalue weighted by atomic mass is 16.2. The number of hydrogen-bond acceptors (Lipinski definition) is 6. The second-order valence-electron chi connectivity index (χ2n) is 11.5. The molecule has 44 heavy (non-hydrogen) atoms. The van der Waals surface area contributed by atoms with Crippen molar-refractivity contribution in [1.29, 1.82) is 5.41 Å². The topological polar surface area (TPSA) is 207 Å². The quantitative estimate of drug-likeness (QED) is 0.122. The number of fused-ring (bicyclic) bond motifs is 1. The van der Waals surface area contributed by atoms with Gasteiger partial charge in [0, 0.05) is 19.0 Å². The van der Waals surface area contributed by atoms with E-state index in [4.69, 9.17) is 11.1 Å². The number of rotatable bonds is 8. The summed E-state index contributed by atoms with van der Waals surface area (Å²) in [5.41, 5.74) is 4.47. The molecule has 1 aliphatic rings. The van der Waals surface area contributed by atoms with Crippen LogP contribution in [0.3, 0.4) is 0 Å². The van der Waals surface area contributed by atoms with E-state index in [0.29, 0.717) is 12.0 Å². The van der Waals surface area contributed by atoms with Gasteiger partial charge < -0.3 is 37.6 Å². The van der Waals surface area contributed by atoms with Crippen molar-refractivity contribution in [3.05, 3.63) is 48.0 Å². The summed E-state index contributed by atoms with van der Waals surface area (Å²) in [5, 5.41) is 25.6. The van der Waals surface area contributed by atoms with Crippen LogP contribution in [0, 0.1) is 11.3 Å². The lowest BCUT2D eigenvalue weighted by Crippen LogP contribution is -2.63. The first-order chi connectivity index (χ1) is 20.9. The van der Waals surface area contributed by atoms with E-state index in [2.05, 4.69) is 31.9 Å². The van der Waals surface area contributed by atoms with Gasteiger partial charge in [-0.2, -0.15) is 0 Å². The summed E-state index contributed by atoms with van der Waals surface area (Å²) in [7, 11) is 0. The van der Waals surface area contributed by atoms with Crippen molar-refractivity contribution in [1.82, 2.24) is 31.9 Å². The normalized spacial score (nSPS) is 23.5. The van der Waals surface area contributed by atoms with E-state index in [1.54, 1.807) is 39.8 Å². The molecule has 238 valence electrons. The molecule has 9 N–H and O–H groups in total. The predicted molar refractivity (Wildman–Crippen MR) is 167 cm³/mol. The molecule has 0 aliphatic carbocycles. The average molecular weight is 609 g/mol. The fourth-order valence-corrected chi connectivity index (χ4v) is 4.96. The van der Waals surface area contributed by atoms with Gasteiger partial charge in [-0.25, -0.2) is 0 Å². The first-order valence-electron chi connectivity index (χ1n) is 14.9. The Morgan fingerprint density at radius 1 is 1.00 bits per heavy atom. The summed E-state index contributed by atoms with van der Waals surface area (Å²) in [5.74, 6) is -3.27. The Bertz CT molecular complexity index is 1390. The molecule has 0 aromatic heterocycles. The Hall–Kier alpha value is -4.68. The third-order valence-electron chi connectivity index (χ3n) is 7.68. The van der Waals surface area contributed by atoms with Crippen LogP contribution >= 0.6 is 0 Å². The maximum Gasteiger partial charge on any atom is 0.247 e. The van der Waals surface area contributed by atoms with E-state index in [0.717, 1.165) is 10.8 Å². The minimum Gasteiger partial charge on any atom is -0.370 e. The summed E-state index contributed by atoms with van der Waals surface area (Å²) in [6.45, 7) is 6.95. The number of nitrogens with two attached hydrogens (primary N) is 1. The molecule has 0 bridgehead atoms. The SMILES string of the molecule is CC[C@@H]1NC(=O)[C@H](CCCNC(=N)N)NC(=O)[C@](C)(NC(=O)C(C)C)CCNC(=O)[C@@H](c2cccc3ccccc23)NC1=O. The molecule has 5 amide bonds. The number of nitrogens with one attached hydrogen (secondary N) is 7. The zero-order valence-electron chi connectivity index (χ0n) is 25.7. The lowest BCUT2D eigenvalue weighted by Gasteiger charge is -2.33. The van der Waals surface area contributed by atoms with Crippen LogP contribution in [0.1, 0.15) is 65.0 Å². The van der Waals surface area contributed by atoms with Crippen LogP contribution in [-0.2, 0) is 24.0 Å². The summed E-state index contributed by atoms with van der Waals surface area (Å²) >= 11 is 0. The van der Waals surface area contributed by atoms with Crippen LogP contribution in [0.2, 0.25) is 0 Å². The summed E-state index contributed by atoms with van der Waals surface area (Å²) in [6.07, 6.45) is 0.766. The van der Waals surface area contributed by atoms with Gasteiger partial charge in [0.05, 0.1) is 0 Å². The Kier molecular flexibility index (Phi) is 11.7. The Morgan fingerprint density at radius 2 is 1.68 bits per heavy atom. The van der Waals surface area contributed by atoms with Crippen LogP contribution in [0.15, 0.2) is 42.5 Å². The van der Waals surface area contributed by atoms with E-state index in [-0.39, 0.29) is 44.2 Å². The maximum absolute atomic E-state index is 13.7. The van der Waals surface area contributed by atoms with Gasteiger partial charge in [-0.3, -0.25) is 29.4 Å². The molecule has 13 nitrogen and oxygen atoms in total. The van der Waals surface area contributed by atoms with Crippen molar-refractivity contribution in [2.24, 2.45) is 11.7 Å². The van der Waals surface area contributed by atoms with E-state index >= 15 is 0 Å². The zero-order chi connectivity index (χ0) is 32.4. The fraction of sp³-hybridized carbons (Fsp3) is 0.484. The minimum atomic E-state index is -1.47. The first kappa shape index (κ1) is 33.8. The second kappa shape index (κ2) is 15.2. The average Bonchev–Trinajstić information content (AvgIpc) is 2.98. The van der Waals surface area contributed by atoms with Crippen molar-refractivity contribution in [3.8, 4) is 0 Å². The maximum atomic E-state index is 13.7. The van der Waals surface area contributed by atoms with Crippen molar-refractivity contribution in [2.75, 3.05) is 13.1 Å². The molecular formula is C31H44N8O5. The molecule has 4 atom stereocenters. The standard InChI is InChI=1S/C31H44N8O5/c1-5-22-26(41)38-24(21-13-8-11-19-10-6-7-12-20(19)21)28(43)34-17-15-31(4,39-25(40)18(2)3)29(44)37-23(27(42)36-22)14-9-16-35-30(32)33/h6-8,10-13,18,22-24H,5,9,14-17H2,1-4H3,(H,34,43)(H,36,42)(H,37,44)(H,38,41)(H,39,40)(H4,32,33,35)/t22-,23-,24+,31+/m0/s1. The molecule has 1 heterocycles. The predicted octanol–water partition coefficient (Wildman–Crippen LogP) is 0.691. The molecule has 2 aromatic carbocycles. The monoisotopic (exact) mass is 608 g/mol. The molecular weight excluding hydrogens is 564 g/mol. The Morgan fingerprint density at radius 3 is 2.36 bits per heavy atom. The molecule has 0 spiro atoms. The van der Waals surface area contributed by atoms with E-state index < -0.39 is 53.2 Å². The summed E-state index contributed by atoms with van der Waals surface area (Å²) in [4.78, 5) is 67.2. The van der Waals surface area contributed by atoms with Crippen LogP contribution in [-0.4, -0.2) is 66.2 Å². The number of hydrogen-bond donors (Lipinski definition) is 8. The van der Waals surface area contributed by atoms with Gasteiger partial charge in [-0.05, 0) is 48.9 Å². The van der Waals surface area contributed by atoms with Crippen molar-refractivity contribution in [3.63, 3.8) is 0 Å². The number of guanidine groups is 1. The van der Waals surface area contributed by atoms with Gasteiger partial charge in [0.2, 0.25) is 29.5 Å². The third kappa shape index (κ3) is 8.68. The molecule has 3 rings (SSSR count). The van der Waals surface area contributed by atoms with E-state index in [9.17, 15) is 24.0 Å². The lowest BCUT2D eigenvalue weighted by atomic mass is 9.93. The van der Waals surface area contributed by atoms with Crippen molar-refractivity contribution in [2.45, 2.75) is 77.0 Å². The van der Waals surface area contributed by atoms with Crippen LogP contribution in [0.4, 0.5) is 0 Å². The van der Waals surface area contributed by atoms with E-state index in [1.165, 1.54) is 0 Å². The second-order valence-corrected chi connectivity index (χ2v) is 11.5. The fourth-order valence-electron chi connectivity index (χ4n) is 4.96. The van der Waals surface area contributed by atoms with Gasteiger partial charge in [-0.1, -0.05) is 63.2 Å². The van der Waals surface area contributed by atoms with Gasteiger partial charge >= 0.3 is 0 Å². The highest BCUT2D eigenvalue weighted by Gasteiger charge is 2.39. The number of carbonyl (C=O) groups excluding carboxylic acids is 5. The van der Waals surface area contributed by atoms with Crippen LogP contribution < -0.4 is 37.6 Å². The number of benzene rings is 2. The third-order valence-corrected chi connectivity index (χ3v) is 7.68. The van der Waals surface area contributed by atoms with Crippen molar-refractivity contribution < 1.29 is 24.0 Å². The zero-order valence-corrected chi connectivity index (χ0v) is 25.7. The highest BCUT2D eigenvalue weighted by molar-refractivity contribution is 5.99. The van der Waals surface area contributed by atoms with Crippen LogP contribution in [0.5, 0.6) is 0 Å². The summed E-state index contributed by atoms with van der Waals surface area (Å²) in [6, 6.07) is 9.81. The minimum absolute atomic E-state index is 0.00509. The largest absolute Gasteiger partial charge is 0.370 e. The van der Waals surface area contributed by atoms with Crippen LogP contribution in [0.25, 0.3) is 10.8 Å². The Balaban J connectivity index is 2.01. The van der Waals surface area contributed by atoms with E-state index in [1.807, 2.05) is 30.3 Å². The number of carbonyl (C=O) groups is 5. The van der Waals surface area contributed by atoms with Gasteiger partial charge in [0.25, 0.3) is 0 Å². The van der Waals surface area contributed by atoms with Gasteiger partial charge in [0.1, 0.15) is 23.7 Å². The van der Waals surface area contributed by atoms with Crippen molar-refractivity contribution >= 4 is 46.3 Å². The molecule has 0 unspecified atom stereocenters. The molecule has 2 aromatic rings. The molecule has 13 heteroatoms. The molecule has 1 saturated heterocycles. The smallest absolute Gasteiger partial charge is 0.247 e. The molecule has 0 saturated carbocycles. The number of amides is 5. The van der Waals surface area contributed by atoms with Gasteiger partial charge in [-0.15, -0.1) is 0 Å². The highest BCUT2D eigenvalue weighted by Crippen LogP contribution is 2.25. The summed E-state index contributed by atoms with van der Waals surface area (Å²) < 4.78 is 0. The molecule has 0 radical (unpaired) electrons. The lowest BCUT2D eigenvalue weighted by molar-refractivity contribution is -0.138. The van der Waals surface area contributed by atoms with Gasteiger partial charge in [0.15, 0.2) is 5.96 Å². The first-order valence-corrected chi connectivity index (χ1v) is 14.9. The molecule has 1 aliphatic heterocycles. The molecule has 1 fully saturated rings.